The van der Waals surface area contributed by atoms with Crippen molar-refractivity contribution in [3.05, 3.63) is 17.0 Å². The molecule has 0 atom stereocenters. The maximum atomic E-state index is 12.7. The summed E-state index contributed by atoms with van der Waals surface area (Å²) in [5, 5.41) is 3.31. The number of hydrogen-bond acceptors (Lipinski definition) is 4. The molecule has 2 rings (SSSR count). The predicted molar refractivity (Wildman–Crippen MR) is 88.1 cm³/mol. The maximum absolute atomic E-state index is 12.7. The van der Waals surface area contributed by atoms with Gasteiger partial charge < -0.3 is 5.32 Å². The molecule has 1 fully saturated rings. The quantitative estimate of drug-likeness (QED) is 0.816. The van der Waals surface area contributed by atoms with Gasteiger partial charge in [-0.3, -0.25) is 0 Å². The molecule has 0 unspecified atom stereocenters. The summed E-state index contributed by atoms with van der Waals surface area (Å²) >= 11 is 1.39. The fourth-order valence-electron chi connectivity index (χ4n) is 2.44. The highest BCUT2D eigenvalue weighted by Crippen LogP contribution is 2.33. The zero-order valence-electron chi connectivity index (χ0n) is 13.2. The van der Waals surface area contributed by atoms with Gasteiger partial charge in [-0.05, 0) is 43.4 Å². The third-order valence-electron chi connectivity index (χ3n) is 4.03. The minimum atomic E-state index is -3.30. The predicted octanol–water partition coefficient (Wildman–Crippen LogP) is 3.06. The van der Waals surface area contributed by atoms with Gasteiger partial charge >= 0.3 is 0 Å². The van der Waals surface area contributed by atoms with Gasteiger partial charge in [0.25, 0.3) is 10.0 Å². The van der Waals surface area contributed by atoms with Crippen LogP contribution < -0.4 is 5.32 Å². The average Bonchev–Trinajstić information content (AvgIpc) is 2.88. The maximum Gasteiger partial charge on any atom is 0.252 e. The van der Waals surface area contributed by atoms with Crippen LogP contribution in [0.5, 0.6) is 0 Å². The lowest BCUT2D eigenvalue weighted by atomic mass is 9.83. The molecular formula is C15H26N2O2S2. The molecule has 6 heteroatoms. The summed E-state index contributed by atoms with van der Waals surface area (Å²) in [6.07, 6.45) is 2.95. The summed E-state index contributed by atoms with van der Waals surface area (Å²) in [6, 6.07) is 3.68. The molecule has 0 amide bonds. The Morgan fingerprint density at radius 1 is 1.29 bits per heavy atom. The Hall–Kier alpha value is -0.430. The molecule has 1 aliphatic heterocycles. The zero-order chi connectivity index (χ0) is 15.5. The third-order valence-corrected chi connectivity index (χ3v) is 7.48. The SMILES string of the molecule is CCCNCc1ccc(S(=O)(=O)N2CCC(C)(C)CC2)s1. The lowest BCUT2D eigenvalue weighted by Gasteiger charge is -2.35. The molecule has 0 spiro atoms. The van der Waals surface area contributed by atoms with Gasteiger partial charge in [0.2, 0.25) is 0 Å². The largest absolute Gasteiger partial charge is 0.312 e. The lowest BCUT2D eigenvalue weighted by molar-refractivity contribution is 0.196. The van der Waals surface area contributed by atoms with Crippen LogP contribution in [0.3, 0.4) is 0 Å². The van der Waals surface area contributed by atoms with Gasteiger partial charge in [-0.25, -0.2) is 8.42 Å². The molecule has 2 heterocycles. The van der Waals surface area contributed by atoms with E-state index in [-0.39, 0.29) is 5.41 Å². The van der Waals surface area contributed by atoms with E-state index in [0.29, 0.717) is 17.3 Å². The summed E-state index contributed by atoms with van der Waals surface area (Å²) in [7, 11) is -3.30. The first-order valence-electron chi connectivity index (χ1n) is 7.65. The Balaban J connectivity index is 2.03. The van der Waals surface area contributed by atoms with Gasteiger partial charge in [0.1, 0.15) is 4.21 Å². The molecule has 1 saturated heterocycles. The molecule has 1 aromatic rings. The van der Waals surface area contributed by atoms with Crippen LogP contribution in [0.25, 0.3) is 0 Å². The molecule has 0 aromatic carbocycles. The molecule has 1 aliphatic rings. The van der Waals surface area contributed by atoms with E-state index in [0.717, 1.165) is 37.2 Å². The van der Waals surface area contributed by atoms with Crippen molar-refractivity contribution in [1.29, 1.82) is 0 Å². The summed E-state index contributed by atoms with van der Waals surface area (Å²) in [4.78, 5) is 1.08. The van der Waals surface area contributed by atoms with Crippen molar-refractivity contribution in [2.75, 3.05) is 19.6 Å². The molecule has 1 N–H and O–H groups in total. The van der Waals surface area contributed by atoms with Crippen LogP contribution in [-0.2, 0) is 16.6 Å². The van der Waals surface area contributed by atoms with Gasteiger partial charge in [0, 0.05) is 24.5 Å². The molecule has 0 saturated carbocycles. The highest BCUT2D eigenvalue weighted by Gasteiger charge is 2.33. The van der Waals surface area contributed by atoms with E-state index < -0.39 is 10.0 Å². The number of piperidine rings is 1. The number of hydrogen-bond donors (Lipinski definition) is 1. The first kappa shape index (κ1) is 16.9. The molecule has 120 valence electrons. The van der Waals surface area contributed by atoms with Gasteiger partial charge in [-0.2, -0.15) is 4.31 Å². The molecule has 0 aliphatic carbocycles. The summed E-state index contributed by atoms with van der Waals surface area (Å²) in [5.74, 6) is 0. The van der Waals surface area contributed by atoms with Crippen LogP contribution in [0.4, 0.5) is 0 Å². The number of thiophene rings is 1. The Labute approximate surface area is 132 Å². The van der Waals surface area contributed by atoms with E-state index in [1.807, 2.05) is 6.07 Å². The smallest absolute Gasteiger partial charge is 0.252 e. The molecular weight excluding hydrogens is 304 g/mol. The first-order chi connectivity index (χ1) is 9.85. The number of sulfonamides is 1. The second-order valence-electron chi connectivity index (χ2n) is 6.47. The fraction of sp³-hybridized carbons (Fsp3) is 0.733. The van der Waals surface area contributed by atoms with Crippen molar-refractivity contribution in [2.24, 2.45) is 5.41 Å². The van der Waals surface area contributed by atoms with Crippen LogP contribution in [0.1, 0.15) is 44.9 Å². The topological polar surface area (TPSA) is 49.4 Å². The van der Waals surface area contributed by atoms with Gasteiger partial charge in [-0.1, -0.05) is 20.8 Å². The van der Waals surface area contributed by atoms with Crippen molar-refractivity contribution < 1.29 is 8.42 Å². The standard InChI is InChI=1S/C15H26N2O2S2/c1-4-9-16-12-13-5-6-14(20-13)21(18,19)17-10-7-15(2,3)8-11-17/h5-6,16H,4,7-12H2,1-3H3. The van der Waals surface area contributed by atoms with Crippen LogP contribution >= 0.6 is 11.3 Å². The molecule has 0 bridgehead atoms. The van der Waals surface area contributed by atoms with E-state index in [2.05, 4.69) is 26.1 Å². The van der Waals surface area contributed by atoms with E-state index in [9.17, 15) is 8.42 Å². The van der Waals surface area contributed by atoms with E-state index in [1.54, 1.807) is 10.4 Å². The van der Waals surface area contributed by atoms with Gasteiger partial charge in [-0.15, -0.1) is 11.3 Å². The van der Waals surface area contributed by atoms with Crippen LogP contribution in [0.15, 0.2) is 16.3 Å². The minimum Gasteiger partial charge on any atom is -0.312 e. The average molecular weight is 331 g/mol. The summed E-state index contributed by atoms with van der Waals surface area (Å²) in [6.45, 7) is 9.52. The lowest BCUT2D eigenvalue weighted by Crippen LogP contribution is -2.40. The fourth-order valence-corrected chi connectivity index (χ4v) is 5.36. The number of nitrogens with zero attached hydrogens (tertiary/aromatic N) is 1. The van der Waals surface area contributed by atoms with E-state index in [1.165, 1.54) is 11.3 Å². The Morgan fingerprint density at radius 3 is 2.57 bits per heavy atom. The van der Waals surface area contributed by atoms with Crippen molar-refractivity contribution in [3.63, 3.8) is 0 Å². The molecule has 0 radical (unpaired) electrons. The van der Waals surface area contributed by atoms with Crippen molar-refractivity contribution in [2.45, 2.75) is 50.8 Å². The molecule has 4 nitrogen and oxygen atoms in total. The molecule has 21 heavy (non-hydrogen) atoms. The van der Waals surface area contributed by atoms with E-state index >= 15 is 0 Å². The monoisotopic (exact) mass is 330 g/mol. The first-order valence-corrected chi connectivity index (χ1v) is 9.90. The van der Waals surface area contributed by atoms with Gasteiger partial charge in [0.05, 0.1) is 0 Å². The minimum absolute atomic E-state index is 0.261. The Morgan fingerprint density at radius 2 is 1.95 bits per heavy atom. The van der Waals surface area contributed by atoms with Crippen LogP contribution in [0, 0.1) is 5.41 Å². The summed E-state index contributed by atoms with van der Waals surface area (Å²) < 4.78 is 27.4. The second-order valence-corrected chi connectivity index (χ2v) is 9.80. The zero-order valence-corrected chi connectivity index (χ0v) is 14.8. The van der Waals surface area contributed by atoms with E-state index in [4.69, 9.17) is 0 Å². The van der Waals surface area contributed by atoms with Crippen molar-refractivity contribution in [1.82, 2.24) is 9.62 Å². The molecule has 1 aromatic heterocycles. The number of nitrogens with one attached hydrogen (secondary N) is 1. The van der Waals surface area contributed by atoms with Crippen molar-refractivity contribution >= 4 is 21.4 Å². The second kappa shape index (κ2) is 6.77. The third kappa shape index (κ3) is 4.28. The highest BCUT2D eigenvalue weighted by molar-refractivity contribution is 7.91. The normalized spacial score (nSPS) is 19.8. The number of rotatable bonds is 6. The van der Waals surface area contributed by atoms with Gasteiger partial charge in [0.15, 0.2) is 0 Å². The highest BCUT2D eigenvalue weighted by atomic mass is 32.2. The Bertz CT molecular complexity index is 554. The van der Waals surface area contributed by atoms with Crippen molar-refractivity contribution in [3.8, 4) is 0 Å². The van der Waals surface area contributed by atoms with Crippen LogP contribution in [-0.4, -0.2) is 32.4 Å². The Kier molecular flexibility index (Phi) is 5.46. The van der Waals surface area contributed by atoms with Crippen LogP contribution in [0.2, 0.25) is 0 Å². The summed E-state index contributed by atoms with van der Waals surface area (Å²) in [5.41, 5.74) is 0.261.